The van der Waals surface area contributed by atoms with E-state index in [2.05, 4.69) is 0 Å². The summed E-state index contributed by atoms with van der Waals surface area (Å²) in [4.78, 5) is 11.8. The molecule has 0 bridgehead atoms. The third-order valence-electron chi connectivity index (χ3n) is 2.31. The Kier molecular flexibility index (Phi) is 2.42. The monoisotopic (exact) mass is 200 g/mol. The van der Waals surface area contributed by atoms with Gasteiger partial charge in [-0.1, -0.05) is 30.3 Å². The van der Waals surface area contributed by atoms with Crippen LogP contribution in [-0.4, -0.2) is 0 Å². The van der Waals surface area contributed by atoms with E-state index in [1.807, 2.05) is 37.3 Å². The maximum Gasteiger partial charge on any atom is 0.193 e. The van der Waals surface area contributed by atoms with Gasteiger partial charge in [0.25, 0.3) is 0 Å². The van der Waals surface area contributed by atoms with Crippen LogP contribution in [0.5, 0.6) is 0 Å². The van der Waals surface area contributed by atoms with Crippen LogP contribution in [0.4, 0.5) is 0 Å². The lowest BCUT2D eigenvalue weighted by Crippen LogP contribution is -2.05. The zero-order valence-electron chi connectivity index (χ0n) is 8.78. The zero-order chi connectivity index (χ0) is 10.8. The summed E-state index contributed by atoms with van der Waals surface area (Å²) in [5, 5.41) is 0. The van der Waals surface area contributed by atoms with Gasteiger partial charge in [-0.05, 0) is 19.4 Å². The highest BCUT2D eigenvalue weighted by Gasteiger charge is 2.08. The van der Waals surface area contributed by atoms with Crippen molar-refractivity contribution in [3.8, 4) is 11.1 Å². The minimum atomic E-state index is 0.0162. The van der Waals surface area contributed by atoms with Gasteiger partial charge in [0, 0.05) is 6.07 Å². The van der Waals surface area contributed by atoms with Crippen molar-refractivity contribution in [1.29, 1.82) is 0 Å². The van der Waals surface area contributed by atoms with Crippen LogP contribution in [0.1, 0.15) is 11.5 Å². The molecule has 0 N–H and O–H groups in total. The van der Waals surface area contributed by atoms with Crippen LogP contribution >= 0.6 is 0 Å². The van der Waals surface area contributed by atoms with E-state index in [4.69, 9.17) is 4.42 Å². The van der Waals surface area contributed by atoms with E-state index < -0.39 is 0 Å². The molecule has 0 aliphatic heterocycles. The summed E-state index contributed by atoms with van der Waals surface area (Å²) < 4.78 is 5.44. The SMILES string of the molecule is Cc1cc(=O)c(-c2ccccc2)c(C)o1. The summed E-state index contributed by atoms with van der Waals surface area (Å²) in [5.74, 6) is 1.32. The molecular formula is C13H12O2. The Labute approximate surface area is 88.2 Å². The van der Waals surface area contributed by atoms with Gasteiger partial charge in [0.15, 0.2) is 5.43 Å². The van der Waals surface area contributed by atoms with Crippen LogP contribution in [0.2, 0.25) is 0 Å². The van der Waals surface area contributed by atoms with Crippen molar-refractivity contribution >= 4 is 0 Å². The Bertz CT molecular complexity index is 524. The van der Waals surface area contributed by atoms with Gasteiger partial charge >= 0.3 is 0 Å². The van der Waals surface area contributed by atoms with Crippen molar-refractivity contribution in [3.63, 3.8) is 0 Å². The van der Waals surface area contributed by atoms with Gasteiger partial charge in [-0.25, -0.2) is 0 Å². The van der Waals surface area contributed by atoms with E-state index in [1.165, 1.54) is 6.07 Å². The molecule has 0 amide bonds. The van der Waals surface area contributed by atoms with Gasteiger partial charge in [-0.15, -0.1) is 0 Å². The summed E-state index contributed by atoms with van der Waals surface area (Å²) in [6.07, 6.45) is 0. The summed E-state index contributed by atoms with van der Waals surface area (Å²) in [5.41, 5.74) is 1.58. The number of hydrogen-bond donors (Lipinski definition) is 0. The number of aryl methyl sites for hydroxylation is 2. The molecule has 1 aromatic heterocycles. The molecule has 0 spiro atoms. The molecule has 0 saturated heterocycles. The van der Waals surface area contributed by atoms with Crippen molar-refractivity contribution in [2.24, 2.45) is 0 Å². The fourth-order valence-corrected chi connectivity index (χ4v) is 1.70. The van der Waals surface area contributed by atoms with Crippen LogP contribution in [-0.2, 0) is 0 Å². The molecule has 0 unspecified atom stereocenters. The second-order valence-corrected chi connectivity index (χ2v) is 3.52. The minimum absolute atomic E-state index is 0.0162. The summed E-state index contributed by atoms with van der Waals surface area (Å²) >= 11 is 0. The normalized spacial score (nSPS) is 10.3. The largest absolute Gasteiger partial charge is 0.466 e. The summed E-state index contributed by atoms with van der Waals surface area (Å²) in [6.45, 7) is 3.60. The van der Waals surface area contributed by atoms with Crippen LogP contribution in [0.15, 0.2) is 45.6 Å². The summed E-state index contributed by atoms with van der Waals surface area (Å²) in [6, 6.07) is 11.1. The molecule has 0 radical (unpaired) electrons. The van der Waals surface area contributed by atoms with Crippen LogP contribution < -0.4 is 5.43 Å². The lowest BCUT2D eigenvalue weighted by molar-refractivity contribution is 0.486. The Balaban J connectivity index is 2.69. The molecule has 15 heavy (non-hydrogen) atoms. The van der Waals surface area contributed by atoms with E-state index in [1.54, 1.807) is 6.92 Å². The maximum atomic E-state index is 11.8. The molecule has 1 aromatic carbocycles. The van der Waals surface area contributed by atoms with E-state index in [9.17, 15) is 4.79 Å². The highest BCUT2D eigenvalue weighted by molar-refractivity contribution is 5.64. The Morgan fingerprint density at radius 1 is 1.07 bits per heavy atom. The van der Waals surface area contributed by atoms with Crippen LogP contribution in [0, 0.1) is 13.8 Å². The van der Waals surface area contributed by atoms with Crippen molar-refractivity contribution in [1.82, 2.24) is 0 Å². The van der Waals surface area contributed by atoms with E-state index >= 15 is 0 Å². The van der Waals surface area contributed by atoms with E-state index in [0.29, 0.717) is 17.1 Å². The van der Waals surface area contributed by atoms with Crippen LogP contribution in [0.25, 0.3) is 11.1 Å². The Morgan fingerprint density at radius 2 is 1.73 bits per heavy atom. The topological polar surface area (TPSA) is 30.2 Å². The Morgan fingerprint density at radius 3 is 2.33 bits per heavy atom. The summed E-state index contributed by atoms with van der Waals surface area (Å²) in [7, 11) is 0. The molecule has 2 aromatic rings. The molecule has 2 heteroatoms. The predicted molar refractivity (Wildman–Crippen MR) is 59.9 cm³/mol. The quantitative estimate of drug-likeness (QED) is 0.708. The first-order chi connectivity index (χ1) is 7.18. The van der Waals surface area contributed by atoms with Gasteiger partial charge in [-0.2, -0.15) is 0 Å². The third kappa shape index (κ3) is 1.84. The number of rotatable bonds is 1. The molecule has 0 aliphatic rings. The molecule has 0 atom stereocenters. The standard InChI is InChI=1S/C13H12O2/c1-9-8-12(14)13(10(2)15-9)11-6-4-3-5-7-11/h3-8H,1-2H3. The first-order valence-corrected chi connectivity index (χ1v) is 4.85. The molecular weight excluding hydrogens is 188 g/mol. The Hall–Kier alpha value is -1.83. The van der Waals surface area contributed by atoms with Crippen LogP contribution in [0.3, 0.4) is 0 Å². The maximum absolute atomic E-state index is 11.8. The fraction of sp³-hybridized carbons (Fsp3) is 0.154. The zero-order valence-corrected chi connectivity index (χ0v) is 8.78. The fourth-order valence-electron chi connectivity index (χ4n) is 1.70. The highest BCUT2D eigenvalue weighted by atomic mass is 16.3. The average molecular weight is 200 g/mol. The lowest BCUT2D eigenvalue weighted by atomic mass is 10.1. The van der Waals surface area contributed by atoms with Crippen molar-refractivity contribution in [2.45, 2.75) is 13.8 Å². The minimum Gasteiger partial charge on any atom is -0.466 e. The molecule has 2 rings (SSSR count). The molecule has 2 nitrogen and oxygen atoms in total. The average Bonchev–Trinajstić information content (AvgIpc) is 2.17. The van der Waals surface area contributed by atoms with E-state index in [-0.39, 0.29) is 5.43 Å². The first kappa shape index (κ1) is 9.71. The second-order valence-electron chi connectivity index (χ2n) is 3.52. The number of hydrogen-bond acceptors (Lipinski definition) is 2. The van der Waals surface area contributed by atoms with Gasteiger partial charge in [0.2, 0.25) is 0 Å². The van der Waals surface area contributed by atoms with Gasteiger partial charge < -0.3 is 4.42 Å². The third-order valence-corrected chi connectivity index (χ3v) is 2.31. The molecule has 1 heterocycles. The van der Waals surface area contributed by atoms with Gasteiger partial charge in [0.05, 0.1) is 5.56 Å². The van der Waals surface area contributed by atoms with Crippen molar-refractivity contribution in [2.75, 3.05) is 0 Å². The van der Waals surface area contributed by atoms with Crippen molar-refractivity contribution in [3.05, 3.63) is 58.1 Å². The van der Waals surface area contributed by atoms with Gasteiger partial charge in [-0.3, -0.25) is 4.79 Å². The molecule has 0 saturated carbocycles. The molecule has 76 valence electrons. The second kappa shape index (κ2) is 3.73. The molecule has 0 fully saturated rings. The number of benzene rings is 1. The molecule has 0 aliphatic carbocycles. The van der Waals surface area contributed by atoms with E-state index in [0.717, 1.165) is 5.56 Å². The lowest BCUT2D eigenvalue weighted by Gasteiger charge is -2.04. The predicted octanol–water partition coefficient (Wildman–Crippen LogP) is 2.92. The highest BCUT2D eigenvalue weighted by Crippen LogP contribution is 2.19. The first-order valence-electron chi connectivity index (χ1n) is 4.85. The smallest absolute Gasteiger partial charge is 0.193 e. The van der Waals surface area contributed by atoms with Crippen molar-refractivity contribution < 1.29 is 4.42 Å². The van der Waals surface area contributed by atoms with Gasteiger partial charge in [0.1, 0.15) is 11.5 Å².